The Morgan fingerprint density at radius 2 is 2.18 bits per heavy atom. The summed E-state index contributed by atoms with van der Waals surface area (Å²) in [5, 5.41) is 1.29. The zero-order valence-corrected chi connectivity index (χ0v) is 13.9. The van der Waals surface area contributed by atoms with E-state index >= 15 is 0 Å². The smallest absolute Gasteiger partial charge is 0.260 e. The first kappa shape index (κ1) is 15.5. The van der Waals surface area contributed by atoms with Crippen LogP contribution in [0.3, 0.4) is 0 Å². The van der Waals surface area contributed by atoms with Gasteiger partial charge >= 0.3 is 0 Å². The highest BCUT2D eigenvalue weighted by Gasteiger charge is 2.18. The fraction of sp³-hybridized carbons (Fsp3) is 0.357. The zero-order chi connectivity index (χ0) is 15.5. The Balaban J connectivity index is 1.74. The van der Waals surface area contributed by atoms with E-state index in [-0.39, 0.29) is 12.5 Å². The quantitative estimate of drug-likeness (QED) is 0.810. The first-order valence-corrected chi connectivity index (χ1v) is 7.91. The van der Waals surface area contributed by atoms with Gasteiger partial charge in [0.1, 0.15) is 4.47 Å². The van der Waals surface area contributed by atoms with E-state index in [1.165, 1.54) is 0 Å². The average molecular weight is 387 g/mol. The molecule has 22 heavy (non-hydrogen) atoms. The minimum atomic E-state index is -0.0869. The molecule has 0 radical (unpaired) electrons. The van der Waals surface area contributed by atoms with Crippen molar-refractivity contribution in [2.24, 2.45) is 0 Å². The maximum Gasteiger partial charge on any atom is 0.260 e. The van der Waals surface area contributed by atoms with Crippen LogP contribution in [0.25, 0.3) is 10.9 Å². The molecule has 3 rings (SSSR count). The third-order valence-electron chi connectivity index (χ3n) is 3.34. The molecule has 0 bridgehead atoms. The molecule has 2 aromatic heterocycles. The number of halogens is 2. The van der Waals surface area contributed by atoms with E-state index in [1.54, 1.807) is 23.4 Å². The molecule has 0 spiro atoms. The summed E-state index contributed by atoms with van der Waals surface area (Å²) in [6.07, 6.45) is 3.20. The number of pyridine rings is 2. The molecule has 0 unspecified atom stereocenters. The van der Waals surface area contributed by atoms with Crippen LogP contribution in [0.15, 0.2) is 22.9 Å². The number of hydrogen-bond acceptors (Lipinski definition) is 5. The van der Waals surface area contributed by atoms with Gasteiger partial charge in [-0.15, -0.1) is 0 Å². The van der Waals surface area contributed by atoms with Gasteiger partial charge in [-0.1, -0.05) is 11.6 Å². The van der Waals surface area contributed by atoms with Gasteiger partial charge in [-0.2, -0.15) is 0 Å². The van der Waals surface area contributed by atoms with E-state index in [1.807, 2.05) is 0 Å². The van der Waals surface area contributed by atoms with E-state index < -0.39 is 0 Å². The number of ether oxygens (including phenoxy) is 2. The molecule has 1 amide bonds. The van der Waals surface area contributed by atoms with Crippen LogP contribution in [0.1, 0.15) is 0 Å². The summed E-state index contributed by atoms with van der Waals surface area (Å²) in [5.41, 5.74) is 0.649. The molecule has 6 nitrogen and oxygen atoms in total. The minimum absolute atomic E-state index is 0.0718. The first-order valence-electron chi connectivity index (χ1n) is 6.74. The molecule has 8 heteroatoms. The van der Waals surface area contributed by atoms with Crippen LogP contribution in [-0.4, -0.2) is 53.7 Å². The number of amides is 1. The van der Waals surface area contributed by atoms with Gasteiger partial charge in [0.05, 0.1) is 23.8 Å². The van der Waals surface area contributed by atoms with Crippen LogP contribution in [0.5, 0.6) is 5.88 Å². The molecule has 0 saturated carbocycles. The highest BCUT2D eigenvalue weighted by Crippen LogP contribution is 2.32. The fourth-order valence-electron chi connectivity index (χ4n) is 2.16. The molecule has 0 atom stereocenters. The molecular weight excluding hydrogens is 374 g/mol. The third kappa shape index (κ3) is 3.16. The second kappa shape index (κ2) is 6.76. The maximum absolute atomic E-state index is 12.1. The van der Waals surface area contributed by atoms with Gasteiger partial charge in [0.2, 0.25) is 5.88 Å². The van der Waals surface area contributed by atoms with Gasteiger partial charge in [0.15, 0.2) is 6.61 Å². The van der Waals surface area contributed by atoms with E-state index in [0.717, 1.165) is 5.39 Å². The lowest BCUT2D eigenvalue weighted by Crippen LogP contribution is -2.43. The summed E-state index contributed by atoms with van der Waals surface area (Å²) in [6.45, 7) is 2.23. The highest BCUT2D eigenvalue weighted by atomic mass is 79.9. The molecule has 1 saturated heterocycles. The normalized spacial score (nSPS) is 15.1. The number of nitrogens with zero attached hydrogens (tertiary/aromatic N) is 3. The largest absolute Gasteiger partial charge is 0.467 e. The van der Waals surface area contributed by atoms with Crippen LogP contribution in [0, 0.1) is 0 Å². The highest BCUT2D eigenvalue weighted by molar-refractivity contribution is 9.10. The van der Waals surface area contributed by atoms with Crippen molar-refractivity contribution in [2.75, 3.05) is 32.9 Å². The van der Waals surface area contributed by atoms with Gasteiger partial charge in [0.25, 0.3) is 5.91 Å². The Bertz CT molecular complexity index is 707. The van der Waals surface area contributed by atoms with Gasteiger partial charge in [-0.3, -0.25) is 9.78 Å². The van der Waals surface area contributed by atoms with E-state index in [0.29, 0.717) is 47.2 Å². The second-order valence-electron chi connectivity index (χ2n) is 4.71. The molecular formula is C14H13BrClN3O3. The summed E-state index contributed by atoms with van der Waals surface area (Å²) in [6, 6.07) is 1.69. The topological polar surface area (TPSA) is 64.5 Å². The van der Waals surface area contributed by atoms with Crippen LogP contribution in [-0.2, 0) is 9.53 Å². The molecule has 1 fully saturated rings. The number of carbonyl (C=O) groups is 1. The van der Waals surface area contributed by atoms with Crippen molar-refractivity contribution >= 4 is 44.3 Å². The number of carbonyl (C=O) groups excluding carboxylic acids is 1. The predicted molar refractivity (Wildman–Crippen MR) is 85.1 cm³/mol. The van der Waals surface area contributed by atoms with Crippen LogP contribution >= 0.6 is 27.5 Å². The molecule has 2 aromatic rings. The molecule has 116 valence electrons. The summed E-state index contributed by atoms with van der Waals surface area (Å²) in [5.74, 6) is 0.236. The summed E-state index contributed by atoms with van der Waals surface area (Å²) >= 11 is 9.50. The van der Waals surface area contributed by atoms with E-state index in [9.17, 15) is 4.79 Å². The second-order valence-corrected chi connectivity index (χ2v) is 5.91. The Morgan fingerprint density at radius 1 is 1.41 bits per heavy atom. The fourth-order valence-corrected chi connectivity index (χ4v) is 2.89. The number of fused-ring (bicyclic) bond motifs is 1. The SMILES string of the molecule is O=C(COc1ncc2c(Cl)ccnc2c1Br)N1CCOCC1. The van der Waals surface area contributed by atoms with Crippen molar-refractivity contribution in [3.05, 3.63) is 28.0 Å². The Hall–Kier alpha value is -1.44. The van der Waals surface area contributed by atoms with Gasteiger partial charge in [-0.05, 0) is 22.0 Å². The molecule has 0 N–H and O–H groups in total. The molecule has 3 heterocycles. The maximum atomic E-state index is 12.1. The van der Waals surface area contributed by atoms with Crippen LogP contribution in [0.4, 0.5) is 0 Å². The molecule has 1 aliphatic heterocycles. The molecule has 0 aliphatic carbocycles. The van der Waals surface area contributed by atoms with Gasteiger partial charge < -0.3 is 14.4 Å². The van der Waals surface area contributed by atoms with Crippen molar-refractivity contribution < 1.29 is 14.3 Å². The Kier molecular flexibility index (Phi) is 4.75. The standard InChI is InChI=1S/C14H13BrClN3O3/c15-12-13-9(10(16)1-2-17-13)7-18-14(12)22-8-11(20)19-3-5-21-6-4-19/h1-2,7H,3-6,8H2. The monoisotopic (exact) mass is 385 g/mol. The van der Waals surface area contributed by atoms with Crippen molar-refractivity contribution in [2.45, 2.75) is 0 Å². The van der Waals surface area contributed by atoms with Crippen LogP contribution in [0.2, 0.25) is 5.02 Å². The van der Waals surface area contributed by atoms with Crippen molar-refractivity contribution in [1.29, 1.82) is 0 Å². The van der Waals surface area contributed by atoms with Gasteiger partial charge in [-0.25, -0.2) is 4.98 Å². The lowest BCUT2D eigenvalue weighted by Gasteiger charge is -2.26. The Morgan fingerprint density at radius 3 is 2.95 bits per heavy atom. The zero-order valence-electron chi connectivity index (χ0n) is 11.6. The van der Waals surface area contributed by atoms with E-state index in [4.69, 9.17) is 21.1 Å². The number of rotatable bonds is 3. The molecule has 1 aliphatic rings. The summed E-state index contributed by atoms with van der Waals surface area (Å²) in [7, 11) is 0. The average Bonchev–Trinajstić information content (AvgIpc) is 2.55. The van der Waals surface area contributed by atoms with Crippen molar-refractivity contribution in [1.82, 2.24) is 14.9 Å². The third-order valence-corrected chi connectivity index (χ3v) is 4.38. The lowest BCUT2D eigenvalue weighted by atomic mass is 10.3. The number of hydrogen-bond donors (Lipinski definition) is 0. The van der Waals surface area contributed by atoms with Crippen molar-refractivity contribution in [3.8, 4) is 5.88 Å². The lowest BCUT2D eigenvalue weighted by molar-refractivity contribution is -0.137. The molecule has 0 aromatic carbocycles. The minimum Gasteiger partial charge on any atom is -0.467 e. The number of aromatic nitrogens is 2. The Labute approximate surface area is 140 Å². The number of morpholine rings is 1. The van der Waals surface area contributed by atoms with Crippen LogP contribution < -0.4 is 4.74 Å². The summed E-state index contributed by atoms with van der Waals surface area (Å²) < 4.78 is 11.3. The summed E-state index contributed by atoms with van der Waals surface area (Å²) in [4.78, 5) is 22.2. The first-order chi connectivity index (χ1) is 10.7. The van der Waals surface area contributed by atoms with E-state index in [2.05, 4.69) is 25.9 Å². The van der Waals surface area contributed by atoms with Gasteiger partial charge in [0, 0.05) is 30.9 Å². The predicted octanol–water partition coefficient (Wildman–Crippen LogP) is 2.28. The van der Waals surface area contributed by atoms with Crippen molar-refractivity contribution in [3.63, 3.8) is 0 Å².